The Morgan fingerprint density at radius 1 is 1.41 bits per heavy atom. The predicted octanol–water partition coefficient (Wildman–Crippen LogP) is 3.01. The fraction of sp³-hybridized carbons (Fsp3) is 0.385. The van der Waals surface area contributed by atoms with Crippen molar-refractivity contribution in [3.63, 3.8) is 0 Å². The fourth-order valence-electron chi connectivity index (χ4n) is 2.23. The van der Waals surface area contributed by atoms with Crippen LogP contribution in [-0.2, 0) is 0 Å². The molecule has 1 aromatic heterocycles. The zero-order valence-electron chi connectivity index (χ0n) is 9.77. The van der Waals surface area contributed by atoms with Crippen LogP contribution in [0, 0.1) is 5.92 Å². The fourth-order valence-corrected chi connectivity index (χ4v) is 2.23. The summed E-state index contributed by atoms with van der Waals surface area (Å²) in [7, 11) is 1.69. The van der Waals surface area contributed by atoms with E-state index in [0.717, 1.165) is 11.3 Å². The van der Waals surface area contributed by atoms with Gasteiger partial charge in [-0.1, -0.05) is 0 Å². The van der Waals surface area contributed by atoms with Crippen LogP contribution in [0.25, 0.3) is 10.9 Å². The van der Waals surface area contributed by atoms with Crippen LogP contribution in [0.15, 0.2) is 24.4 Å². The van der Waals surface area contributed by atoms with Crippen molar-refractivity contribution in [3.05, 3.63) is 30.0 Å². The number of aromatic amines is 1. The van der Waals surface area contributed by atoms with Gasteiger partial charge in [0.25, 0.3) is 0 Å². The molecule has 0 spiro atoms. The van der Waals surface area contributed by atoms with Gasteiger partial charge in [0.15, 0.2) is 0 Å². The van der Waals surface area contributed by atoms with E-state index in [9.17, 15) is 0 Å². The molecular weight excluding hydrogens is 236 g/mol. The third-order valence-electron chi connectivity index (χ3n) is 3.41. The quantitative estimate of drug-likeness (QED) is 0.882. The van der Waals surface area contributed by atoms with Crippen LogP contribution >= 0.6 is 12.4 Å². The highest BCUT2D eigenvalue weighted by molar-refractivity contribution is 5.85. The van der Waals surface area contributed by atoms with Crippen molar-refractivity contribution in [1.82, 2.24) is 4.98 Å². The number of H-pyrrole nitrogens is 1. The van der Waals surface area contributed by atoms with Gasteiger partial charge < -0.3 is 15.5 Å². The molecule has 2 aromatic rings. The number of nitrogens with two attached hydrogens (primary N) is 1. The number of aromatic nitrogens is 1. The Bertz CT molecular complexity index is 519. The van der Waals surface area contributed by atoms with E-state index in [2.05, 4.69) is 11.1 Å². The topological polar surface area (TPSA) is 51.0 Å². The summed E-state index contributed by atoms with van der Waals surface area (Å²) in [5.41, 5.74) is 8.59. The molecule has 92 valence electrons. The van der Waals surface area contributed by atoms with Crippen molar-refractivity contribution in [2.75, 3.05) is 7.11 Å². The van der Waals surface area contributed by atoms with Crippen molar-refractivity contribution < 1.29 is 4.74 Å². The van der Waals surface area contributed by atoms with Crippen molar-refractivity contribution >= 4 is 23.3 Å². The standard InChI is InChI=1S/C13H16N2O.ClH/c1-16-9-4-5-12-10(6-9)11(7-15-12)13(14)8-2-3-8;/h4-8,13,15H,2-3,14H2,1H3;1H/t13-;/m1./s1. The molecule has 3 rings (SSSR count). The van der Waals surface area contributed by atoms with E-state index in [0.29, 0.717) is 5.92 Å². The van der Waals surface area contributed by atoms with Crippen LogP contribution in [-0.4, -0.2) is 12.1 Å². The molecule has 1 heterocycles. The maximum atomic E-state index is 6.24. The van der Waals surface area contributed by atoms with Crippen LogP contribution in [0.3, 0.4) is 0 Å². The lowest BCUT2D eigenvalue weighted by Gasteiger charge is -2.09. The van der Waals surface area contributed by atoms with Gasteiger partial charge in [0.2, 0.25) is 0 Å². The minimum absolute atomic E-state index is 0. The van der Waals surface area contributed by atoms with Gasteiger partial charge in [-0.25, -0.2) is 0 Å². The number of ether oxygens (including phenoxy) is 1. The average molecular weight is 253 g/mol. The van der Waals surface area contributed by atoms with Crippen molar-refractivity contribution in [3.8, 4) is 5.75 Å². The summed E-state index contributed by atoms with van der Waals surface area (Å²) in [5.74, 6) is 1.56. The van der Waals surface area contributed by atoms with Gasteiger partial charge in [-0.15, -0.1) is 12.4 Å². The van der Waals surface area contributed by atoms with Gasteiger partial charge in [0.1, 0.15) is 5.75 Å². The molecule has 3 N–H and O–H groups in total. The van der Waals surface area contributed by atoms with Crippen molar-refractivity contribution in [2.45, 2.75) is 18.9 Å². The molecule has 1 aromatic carbocycles. The zero-order chi connectivity index (χ0) is 11.1. The molecular formula is C13H17ClN2O. The lowest BCUT2D eigenvalue weighted by Crippen LogP contribution is -2.11. The first-order valence-corrected chi connectivity index (χ1v) is 5.70. The smallest absolute Gasteiger partial charge is 0.119 e. The van der Waals surface area contributed by atoms with E-state index < -0.39 is 0 Å². The first-order chi connectivity index (χ1) is 7.79. The van der Waals surface area contributed by atoms with Crippen LogP contribution in [0.1, 0.15) is 24.4 Å². The molecule has 17 heavy (non-hydrogen) atoms. The average Bonchev–Trinajstić information content (AvgIpc) is 3.08. The first-order valence-electron chi connectivity index (χ1n) is 5.70. The van der Waals surface area contributed by atoms with Crippen LogP contribution in [0.4, 0.5) is 0 Å². The molecule has 4 heteroatoms. The van der Waals surface area contributed by atoms with E-state index >= 15 is 0 Å². The number of fused-ring (bicyclic) bond motifs is 1. The molecule has 0 unspecified atom stereocenters. The SMILES string of the molecule is COc1ccc2[nH]cc([C@H](N)C3CC3)c2c1.Cl. The van der Waals surface area contributed by atoms with Gasteiger partial charge >= 0.3 is 0 Å². The van der Waals surface area contributed by atoms with Gasteiger partial charge in [-0.3, -0.25) is 0 Å². The Morgan fingerprint density at radius 3 is 2.82 bits per heavy atom. The molecule has 0 radical (unpaired) electrons. The third kappa shape index (κ3) is 2.13. The largest absolute Gasteiger partial charge is 0.497 e. The number of benzene rings is 1. The summed E-state index contributed by atoms with van der Waals surface area (Å²) in [6, 6.07) is 6.23. The highest BCUT2D eigenvalue weighted by Gasteiger charge is 2.30. The lowest BCUT2D eigenvalue weighted by molar-refractivity contribution is 0.415. The maximum Gasteiger partial charge on any atom is 0.119 e. The summed E-state index contributed by atoms with van der Waals surface area (Å²) in [6.45, 7) is 0. The Morgan fingerprint density at radius 2 is 2.18 bits per heavy atom. The molecule has 1 atom stereocenters. The summed E-state index contributed by atoms with van der Waals surface area (Å²) < 4.78 is 5.25. The molecule has 1 aliphatic rings. The van der Waals surface area contributed by atoms with Crippen molar-refractivity contribution in [2.24, 2.45) is 11.7 Å². The number of halogens is 1. The Hall–Kier alpha value is -1.19. The van der Waals surface area contributed by atoms with Crippen molar-refractivity contribution in [1.29, 1.82) is 0 Å². The number of nitrogens with one attached hydrogen (secondary N) is 1. The van der Waals surface area contributed by atoms with Gasteiger partial charge in [-0.2, -0.15) is 0 Å². The van der Waals surface area contributed by atoms with Gasteiger partial charge in [-0.05, 0) is 42.5 Å². The molecule has 0 amide bonds. The Balaban J connectivity index is 0.00000108. The summed E-state index contributed by atoms with van der Waals surface area (Å²) >= 11 is 0. The maximum absolute atomic E-state index is 6.24. The zero-order valence-corrected chi connectivity index (χ0v) is 10.6. The number of hydrogen-bond donors (Lipinski definition) is 2. The number of methoxy groups -OCH3 is 1. The second kappa shape index (κ2) is 4.59. The van der Waals surface area contributed by atoms with Crippen LogP contribution in [0.5, 0.6) is 5.75 Å². The lowest BCUT2D eigenvalue weighted by atomic mass is 10.0. The summed E-state index contributed by atoms with van der Waals surface area (Å²) in [4.78, 5) is 3.27. The Labute approximate surface area is 107 Å². The second-order valence-electron chi connectivity index (χ2n) is 4.52. The van der Waals surface area contributed by atoms with Crippen LogP contribution < -0.4 is 10.5 Å². The second-order valence-corrected chi connectivity index (χ2v) is 4.52. The molecule has 0 saturated heterocycles. The Kier molecular flexibility index (Phi) is 3.31. The minimum Gasteiger partial charge on any atom is -0.497 e. The minimum atomic E-state index is 0. The van der Waals surface area contributed by atoms with E-state index in [1.54, 1.807) is 7.11 Å². The monoisotopic (exact) mass is 252 g/mol. The summed E-state index contributed by atoms with van der Waals surface area (Å²) in [6.07, 6.45) is 4.56. The van der Waals surface area contributed by atoms with E-state index in [-0.39, 0.29) is 18.4 Å². The molecule has 3 nitrogen and oxygen atoms in total. The first kappa shape index (κ1) is 12.3. The molecule has 0 bridgehead atoms. The van der Waals surface area contributed by atoms with E-state index in [1.165, 1.54) is 23.8 Å². The number of rotatable bonds is 3. The van der Waals surface area contributed by atoms with E-state index in [1.807, 2.05) is 18.3 Å². The third-order valence-corrected chi connectivity index (χ3v) is 3.41. The molecule has 1 aliphatic carbocycles. The summed E-state index contributed by atoms with van der Waals surface area (Å²) in [5, 5.41) is 1.19. The van der Waals surface area contributed by atoms with Gasteiger partial charge in [0.05, 0.1) is 7.11 Å². The normalized spacial score (nSPS) is 16.6. The molecule has 1 saturated carbocycles. The highest BCUT2D eigenvalue weighted by atomic mass is 35.5. The highest BCUT2D eigenvalue weighted by Crippen LogP contribution is 2.41. The number of hydrogen-bond acceptors (Lipinski definition) is 2. The van der Waals surface area contributed by atoms with Crippen LogP contribution in [0.2, 0.25) is 0 Å². The molecule has 1 fully saturated rings. The molecule has 0 aliphatic heterocycles. The van der Waals surface area contributed by atoms with E-state index in [4.69, 9.17) is 10.5 Å². The predicted molar refractivity (Wildman–Crippen MR) is 71.8 cm³/mol. The van der Waals surface area contributed by atoms with Gasteiger partial charge in [0, 0.05) is 23.1 Å².